The van der Waals surface area contributed by atoms with Gasteiger partial charge in [-0.05, 0) is 31.1 Å². The molecule has 3 nitrogen and oxygen atoms in total. The molecule has 0 spiro atoms. The summed E-state index contributed by atoms with van der Waals surface area (Å²) >= 11 is 0. The van der Waals surface area contributed by atoms with E-state index in [0.29, 0.717) is 24.3 Å². The van der Waals surface area contributed by atoms with Crippen LogP contribution in [0.1, 0.15) is 45.4 Å². The van der Waals surface area contributed by atoms with Crippen LogP contribution in [0.3, 0.4) is 0 Å². The van der Waals surface area contributed by atoms with Gasteiger partial charge in [0.05, 0.1) is 0 Å². The lowest BCUT2D eigenvalue weighted by Gasteiger charge is -2.27. The molecule has 3 heteroatoms. The first-order valence-corrected chi connectivity index (χ1v) is 6.21. The minimum Gasteiger partial charge on any atom is -0.353 e. The summed E-state index contributed by atoms with van der Waals surface area (Å²) in [5.41, 5.74) is 6.02. The molecule has 2 fully saturated rings. The summed E-state index contributed by atoms with van der Waals surface area (Å²) in [5, 5.41) is 3.08. The van der Waals surface area contributed by atoms with Crippen molar-refractivity contribution in [2.75, 3.05) is 0 Å². The van der Waals surface area contributed by atoms with Crippen molar-refractivity contribution >= 4 is 5.91 Å². The number of hydrogen-bond donors (Lipinski definition) is 2. The van der Waals surface area contributed by atoms with Gasteiger partial charge in [-0.3, -0.25) is 4.79 Å². The summed E-state index contributed by atoms with van der Waals surface area (Å²) in [6, 6.07) is 0.707. The molecule has 2 saturated carbocycles. The molecule has 0 aromatic carbocycles. The zero-order valence-corrected chi connectivity index (χ0v) is 9.54. The Labute approximate surface area is 91.8 Å². The Morgan fingerprint density at radius 1 is 1.40 bits per heavy atom. The third-order valence-electron chi connectivity index (χ3n) is 3.87. The maximum Gasteiger partial charge on any atom is 0.220 e. The van der Waals surface area contributed by atoms with Gasteiger partial charge in [0.1, 0.15) is 0 Å². The number of nitrogens with one attached hydrogen (secondary N) is 1. The van der Waals surface area contributed by atoms with E-state index in [1.54, 1.807) is 0 Å². The Balaban J connectivity index is 1.72. The Morgan fingerprint density at radius 3 is 2.67 bits per heavy atom. The summed E-state index contributed by atoms with van der Waals surface area (Å²) in [4.78, 5) is 11.7. The van der Waals surface area contributed by atoms with Crippen LogP contribution in [0, 0.1) is 11.8 Å². The number of carbonyl (C=O) groups excluding carboxylic acids is 1. The van der Waals surface area contributed by atoms with Crippen LogP contribution in [0.2, 0.25) is 0 Å². The lowest BCUT2D eigenvalue weighted by atomic mass is 9.83. The van der Waals surface area contributed by atoms with E-state index in [1.807, 2.05) is 0 Å². The first kappa shape index (κ1) is 10.9. The summed E-state index contributed by atoms with van der Waals surface area (Å²) in [7, 11) is 0. The molecule has 4 atom stereocenters. The molecule has 0 aromatic heterocycles. The van der Waals surface area contributed by atoms with Crippen LogP contribution in [0.15, 0.2) is 0 Å². The fraction of sp³-hybridized carbons (Fsp3) is 0.917. The predicted molar refractivity (Wildman–Crippen MR) is 60.3 cm³/mol. The molecule has 1 amide bonds. The number of nitrogens with two attached hydrogens (primary N) is 1. The van der Waals surface area contributed by atoms with Crippen molar-refractivity contribution in [1.82, 2.24) is 5.32 Å². The van der Waals surface area contributed by atoms with E-state index >= 15 is 0 Å². The fourth-order valence-corrected chi connectivity index (χ4v) is 2.52. The standard InChI is InChI=1S/C12H22N2O/c1-8-6-11(8)14-12(15)7-9-4-2-3-5-10(9)13/h8-11H,2-7,13H2,1H3,(H,14,15). The van der Waals surface area contributed by atoms with Gasteiger partial charge in [0.15, 0.2) is 0 Å². The minimum atomic E-state index is 0.215. The monoisotopic (exact) mass is 210 g/mol. The van der Waals surface area contributed by atoms with Crippen LogP contribution >= 0.6 is 0 Å². The summed E-state index contributed by atoms with van der Waals surface area (Å²) in [6.07, 6.45) is 6.50. The van der Waals surface area contributed by atoms with E-state index < -0.39 is 0 Å². The Bertz CT molecular complexity index is 242. The van der Waals surface area contributed by atoms with Gasteiger partial charge < -0.3 is 11.1 Å². The van der Waals surface area contributed by atoms with Gasteiger partial charge in [-0.1, -0.05) is 19.8 Å². The molecule has 2 aliphatic carbocycles. The highest BCUT2D eigenvalue weighted by Gasteiger charge is 2.34. The first-order valence-electron chi connectivity index (χ1n) is 6.21. The van der Waals surface area contributed by atoms with Gasteiger partial charge in [0.25, 0.3) is 0 Å². The van der Waals surface area contributed by atoms with Gasteiger partial charge in [0.2, 0.25) is 5.91 Å². The molecule has 15 heavy (non-hydrogen) atoms. The smallest absolute Gasteiger partial charge is 0.220 e. The highest BCUT2D eigenvalue weighted by Crippen LogP contribution is 2.30. The molecule has 0 aliphatic heterocycles. The molecular weight excluding hydrogens is 188 g/mol. The van der Waals surface area contributed by atoms with Crippen molar-refractivity contribution in [3.8, 4) is 0 Å². The molecule has 0 saturated heterocycles. The molecular formula is C12H22N2O. The largest absolute Gasteiger partial charge is 0.353 e. The van der Waals surface area contributed by atoms with Crippen molar-refractivity contribution in [1.29, 1.82) is 0 Å². The molecule has 0 heterocycles. The Hall–Kier alpha value is -0.570. The highest BCUT2D eigenvalue weighted by molar-refractivity contribution is 5.77. The van der Waals surface area contributed by atoms with Crippen LogP contribution in [-0.4, -0.2) is 18.0 Å². The quantitative estimate of drug-likeness (QED) is 0.740. The van der Waals surface area contributed by atoms with Crippen molar-refractivity contribution in [2.45, 2.75) is 57.5 Å². The van der Waals surface area contributed by atoms with E-state index in [0.717, 1.165) is 19.3 Å². The zero-order valence-electron chi connectivity index (χ0n) is 9.54. The maximum atomic E-state index is 11.7. The number of carbonyl (C=O) groups is 1. The molecule has 0 bridgehead atoms. The van der Waals surface area contributed by atoms with E-state index in [9.17, 15) is 4.79 Å². The minimum absolute atomic E-state index is 0.215. The van der Waals surface area contributed by atoms with Crippen molar-refractivity contribution in [2.24, 2.45) is 17.6 Å². The first-order chi connectivity index (χ1) is 7.16. The number of rotatable bonds is 3. The second-order valence-electron chi connectivity index (χ2n) is 5.30. The highest BCUT2D eigenvalue weighted by atomic mass is 16.1. The van der Waals surface area contributed by atoms with Gasteiger partial charge in [-0.15, -0.1) is 0 Å². The molecule has 3 N–H and O–H groups in total. The van der Waals surface area contributed by atoms with Crippen LogP contribution in [0.5, 0.6) is 0 Å². The lowest BCUT2D eigenvalue weighted by Crippen LogP contribution is -2.37. The SMILES string of the molecule is CC1CC1NC(=O)CC1CCCCC1N. The summed E-state index contributed by atoms with van der Waals surface area (Å²) in [6.45, 7) is 2.18. The molecule has 2 rings (SSSR count). The Morgan fingerprint density at radius 2 is 2.07 bits per heavy atom. The van der Waals surface area contributed by atoms with E-state index in [1.165, 1.54) is 12.8 Å². The van der Waals surface area contributed by atoms with Crippen molar-refractivity contribution in [3.63, 3.8) is 0 Å². The molecule has 0 aromatic rings. The van der Waals surface area contributed by atoms with Crippen LogP contribution in [0.4, 0.5) is 0 Å². The van der Waals surface area contributed by atoms with Crippen LogP contribution in [0.25, 0.3) is 0 Å². The van der Waals surface area contributed by atoms with Crippen molar-refractivity contribution in [3.05, 3.63) is 0 Å². The van der Waals surface area contributed by atoms with E-state index in [2.05, 4.69) is 12.2 Å². The summed E-state index contributed by atoms with van der Waals surface area (Å²) in [5.74, 6) is 1.33. The van der Waals surface area contributed by atoms with Gasteiger partial charge in [-0.2, -0.15) is 0 Å². The van der Waals surface area contributed by atoms with Crippen LogP contribution in [-0.2, 0) is 4.79 Å². The predicted octanol–water partition coefficient (Wildman–Crippen LogP) is 1.42. The summed E-state index contributed by atoms with van der Waals surface area (Å²) < 4.78 is 0. The topological polar surface area (TPSA) is 55.1 Å². The molecule has 4 unspecified atom stereocenters. The molecule has 0 radical (unpaired) electrons. The van der Waals surface area contributed by atoms with E-state index in [4.69, 9.17) is 5.73 Å². The number of hydrogen-bond acceptors (Lipinski definition) is 2. The Kier molecular flexibility index (Phi) is 3.29. The second kappa shape index (κ2) is 4.52. The lowest BCUT2D eigenvalue weighted by molar-refractivity contribution is -0.122. The van der Waals surface area contributed by atoms with Crippen LogP contribution < -0.4 is 11.1 Å². The normalized spacial score (nSPS) is 39.9. The second-order valence-corrected chi connectivity index (χ2v) is 5.30. The fourth-order valence-electron chi connectivity index (χ4n) is 2.52. The maximum absolute atomic E-state index is 11.7. The molecule has 2 aliphatic rings. The van der Waals surface area contributed by atoms with Gasteiger partial charge in [0, 0.05) is 18.5 Å². The average molecular weight is 210 g/mol. The molecule has 86 valence electrons. The van der Waals surface area contributed by atoms with Crippen molar-refractivity contribution < 1.29 is 4.79 Å². The third-order valence-corrected chi connectivity index (χ3v) is 3.87. The van der Waals surface area contributed by atoms with E-state index in [-0.39, 0.29) is 11.9 Å². The number of amides is 1. The third kappa shape index (κ3) is 2.94. The van der Waals surface area contributed by atoms with Gasteiger partial charge in [-0.25, -0.2) is 0 Å². The average Bonchev–Trinajstić information content (AvgIpc) is 2.86. The zero-order chi connectivity index (χ0) is 10.8. The van der Waals surface area contributed by atoms with Gasteiger partial charge >= 0.3 is 0 Å².